The molecular weight excluding hydrogens is 681 g/mol. The molecule has 0 bridgehead atoms. The highest BCUT2D eigenvalue weighted by Gasteiger charge is 2.42. The van der Waals surface area contributed by atoms with Gasteiger partial charge in [-0.25, -0.2) is 0 Å². The number of allylic oxidation sites excluding steroid dienone is 2. The van der Waals surface area contributed by atoms with Gasteiger partial charge in [0.25, 0.3) is 11.8 Å². The molecular formula is C44H42N4O6. The van der Waals surface area contributed by atoms with Gasteiger partial charge in [-0.3, -0.25) is 19.6 Å². The number of aliphatic imine (C=N–C) groups is 2. The number of likely N-dealkylation sites (tertiary alicyclic amines) is 2. The van der Waals surface area contributed by atoms with Crippen molar-refractivity contribution in [1.29, 1.82) is 0 Å². The smallest absolute Gasteiger partial charge is 0.256 e. The number of aliphatic hydroxyl groups excluding tert-OH is 4. The fourth-order valence-corrected chi connectivity index (χ4v) is 8.03. The highest BCUT2D eigenvalue weighted by molar-refractivity contribution is 6.04. The highest BCUT2D eigenvalue weighted by atomic mass is 16.3. The zero-order valence-electron chi connectivity index (χ0n) is 29.6. The molecule has 274 valence electrons. The quantitative estimate of drug-likeness (QED) is 0.189. The van der Waals surface area contributed by atoms with E-state index in [0.29, 0.717) is 36.8 Å². The molecule has 54 heavy (non-hydrogen) atoms. The zero-order valence-corrected chi connectivity index (χ0v) is 29.6. The Hall–Kier alpha value is -5.52. The number of amides is 2. The maximum Gasteiger partial charge on any atom is 0.256 e. The molecule has 0 aliphatic carbocycles. The van der Waals surface area contributed by atoms with E-state index in [9.17, 15) is 30.0 Å². The number of hydrogen-bond acceptors (Lipinski definition) is 8. The molecule has 10 nitrogen and oxygen atoms in total. The topological polar surface area (TPSA) is 146 Å². The second-order valence-electron chi connectivity index (χ2n) is 14.5. The van der Waals surface area contributed by atoms with Gasteiger partial charge in [0.2, 0.25) is 0 Å². The number of aliphatic hydroxyl groups is 4. The fraction of sp³-hybridized carbons (Fsp3) is 0.273. The minimum absolute atomic E-state index is 0.158. The second kappa shape index (κ2) is 15.1. The summed E-state index contributed by atoms with van der Waals surface area (Å²) in [5.74, 6) is -0.864. The Kier molecular flexibility index (Phi) is 9.91. The first kappa shape index (κ1) is 35.5. The van der Waals surface area contributed by atoms with Gasteiger partial charge in [-0.2, -0.15) is 0 Å². The van der Waals surface area contributed by atoms with Crippen LogP contribution in [0.1, 0.15) is 60.1 Å². The maximum absolute atomic E-state index is 13.3. The van der Waals surface area contributed by atoms with Crippen molar-refractivity contribution >= 4 is 34.4 Å². The third-order valence-electron chi connectivity index (χ3n) is 11.0. The van der Waals surface area contributed by atoms with Crippen LogP contribution in [0.15, 0.2) is 132 Å². The van der Waals surface area contributed by atoms with E-state index in [0.717, 1.165) is 44.8 Å². The molecule has 4 aromatic rings. The first-order valence-corrected chi connectivity index (χ1v) is 18.4. The lowest BCUT2D eigenvalue weighted by Gasteiger charge is -2.27. The lowest BCUT2D eigenvalue weighted by Crippen LogP contribution is -2.42. The molecule has 2 amide bonds. The molecule has 4 aromatic carbocycles. The van der Waals surface area contributed by atoms with Crippen molar-refractivity contribution in [3.8, 4) is 11.1 Å². The van der Waals surface area contributed by atoms with Crippen LogP contribution in [0, 0.1) is 0 Å². The minimum atomic E-state index is -1.30. The average Bonchev–Trinajstić information content (AvgIpc) is 4.04. The lowest BCUT2D eigenvalue weighted by atomic mass is 9.94. The Balaban J connectivity index is 0.876. The van der Waals surface area contributed by atoms with Crippen LogP contribution in [0.2, 0.25) is 0 Å². The maximum atomic E-state index is 13.3. The monoisotopic (exact) mass is 722 g/mol. The predicted octanol–water partition coefficient (Wildman–Crippen LogP) is 5.12. The SMILES string of the molecule is O=C([C@H](O)c1ccccc1)N1C[C@H](O)C[C@H]1C1=NC=C(c2ccc(-c3ccc(C4=CN=C([C@@H]5C[C@H](O)CN5C(=O)[C@H](O)c5ccccc5)C4)cc3)cc2)C1. The molecule has 4 aliphatic rings. The summed E-state index contributed by atoms with van der Waals surface area (Å²) in [7, 11) is 0. The van der Waals surface area contributed by atoms with Crippen LogP contribution in [0.4, 0.5) is 0 Å². The molecule has 0 spiro atoms. The van der Waals surface area contributed by atoms with Crippen molar-refractivity contribution in [2.75, 3.05) is 13.1 Å². The zero-order chi connectivity index (χ0) is 37.3. The molecule has 2 fully saturated rings. The normalized spacial score (nSPS) is 23.5. The standard InChI is InChI=1S/C44H42N4O6/c49-35-21-39(47(25-35)43(53)41(51)31-7-3-1-4-8-31)37-19-33(23-45-37)29-15-11-27(12-16-29)28-13-17-30(18-14-28)34-20-38(46-24-34)40-22-36(50)26-48(40)44(54)42(52)32-9-5-2-6-10-32/h1-18,23-24,35-36,39-42,49-52H,19-22,25-26H2/t35-,36+,39-,40-,41+,42+/m0/s1. The number of carbonyl (C=O) groups is 2. The van der Waals surface area contributed by atoms with Crippen LogP contribution in [0.5, 0.6) is 0 Å². The van der Waals surface area contributed by atoms with E-state index < -0.39 is 36.2 Å². The van der Waals surface area contributed by atoms with Crippen LogP contribution < -0.4 is 0 Å². The number of benzene rings is 4. The molecule has 0 saturated carbocycles. The third-order valence-corrected chi connectivity index (χ3v) is 11.0. The first-order chi connectivity index (χ1) is 26.2. The van der Waals surface area contributed by atoms with Gasteiger partial charge in [-0.05, 0) is 44.5 Å². The van der Waals surface area contributed by atoms with Crippen molar-refractivity contribution in [2.24, 2.45) is 9.98 Å². The average molecular weight is 723 g/mol. The van der Waals surface area contributed by atoms with E-state index in [1.54, 1.807) is 58.3 Å². The van der Waals surface area contributed by atoms with Crippen LogP contribution in [0.3, 0.4) is 0 Å². The molecule has 4 N–H and O–H groups in total. The molecule has 2 saturated heterocycles. The highest BCUT2D eigenvalue weighted by Crippen LogP contribution is 2.35. The predicted molar refractivity (Wildman–Crippen MR) is 207 cm³/mol. The Morgan fingerprint density at radius 3 is 1.26 bits per heavy atom. The largest absolute Gasteiger partial charge is 0.391 e. The molecule has 4 aliphatic heterocycles. The van der Waals surface area contributed by atoms with Gasteiger partial charge in [-0.1, -0.05) is 109 Å². The van der Waals surface area contributed by atoms with Gasteiger partial charge >= 0.3 is 0 Å². The van der Waals surface area contributed by atoms with Crippen molar-refractivity contribution in [3.63, 3.8) is 0 Å². The third kappa shape index (κ3) is 7.09. The van der Waals surface area contributed by atoms with E-state index in [4.69, 9.17) is 0 Å². The summed E-state index contributed by atoms with van der Waals surface area (Å²) in [5.41, 5.74) is 8.85. The molecule has 0 aromatic heterocycles. The number of hydrogen-bond donors (Lipinski definition) is 4. The van der Waals surface area contributed by atoms with Crippen molar-refractivity contribution in [1.82, 2.24) is 9.80 Å². The Bertz CT molecular complexity index is 1990. The molecule has 8 rings (SSSR count). The van der Waals surface area contributed by atoms with Crippen molar-refractivity contribution in [3.05, 3.63) is 144 Å². The molecule has 6 atom stereocenters. The number of carbonyl (C=O) groups excluding carboxylic acids is 2. The summed E-state index contributed by atoms with van der Waals surface area (Å²) < 4.78 is 0. The fourth-order valence-electron chi connectivity index (χ4n) is 8.03. The van der Waals surface area contributed by atoms with Gasteiger partial charge in [0.15, 0.2) is 12.2 Å². The minimum Gasteiger partial charge on any atom is -0.391 e. The van der Waals surface area contributed by atoms with E-state index in [2.05, 4.69) is 58.5 Å². The van der Waals surface area contributed by atoms with Gasteiger partial charge in [0.1, 0.15) is 0 Å². The lowest BCUT2D eigenvalue weighted by molar-refractivity contribution is -0.141. The van der Waals surface area contributed by atoms with E-state index in [-0.39, 0.29) is 25.2 Å². The van der Waals surface area contributed by atoms with Gasteiger partial charge in [0.05, 0.1) is 24.3 Å². The Labute approximate surface area is 313 Å². The van der Waals surface area contributed by atoms with Gasteiger partial charge in [-0.15, -0.1) is 0 Å². The number of β-amino-alcohol motifs (C(OH)–C–C–N with tert-alkyl or cyclic N) is 2. The van der Waals surface area contributed by atoms with Crippen molar-refractivity contribution in [2.45, 2.75) is 62.2 Å². The summed E-state index contributed by atoms with van der Waals surface area (Å²) in [6, 6.07) is 33.5. The Morgan fingerprint density at radius 1 is 0.537 bits per heavy atom. The Morgan fingerprint density at radius 2 is 0.889 bits per heavy atom. The van der Waals surface area contributed by atoms with E-state index in [1.807, 2.05) is 24.5 Å². The van der Waals surface area contributed by atoms with E-state index in [1.165, 1.54) is 0 Å². The first-order valence-electron chi connectivity index (χ1n) is 18.4. The molecule has 10 heteroatoms. The van der Waals surface area contributed by atoms with Crippen LogP contribution >= 0.6 is 0 Å². The van der Waals surface area contributed by atoms with Crippen LogP contribution in [-0.4, -0.2) is 90.8 Å². The summed E-state index contributed by atoms with van der Waals surface area (Å²) in [4.78, 5) is 39.1. The number of rotatable bonds is 9. The molecule has 0 unspecified atom stereocenters. The molecule has 0 radical (unpaired) electrons. The van der Waals surface area contributed by atoms with Gasteiger partial charge < -0.3 is 30.2 Å². The molecule has 4 heterocycles. The van der Waals surface area contributed by atoms with Crippen LogP contribution in [-0.2, 0) is 9.59 Å². The summed E-state index contributed by atoms with van der Waals surface area (Å²) >= 11 is 0. The summed E-state index contributed by atoms with van der Waals surface area (Å²) in [6.45, 7) is 0.316. The second-order valence-corrected chi connectivity index (χ2v) is 14.5. The van der Waals surface area contributed by atoms with Gasteiger partial charge in [0, 0.05) is 62.6 Å². The van der Waals surface area contributed by atoms with Crippen LogP contribution in [0.25, 0.3) is 22.3 Å². The summed E-state index contributed by atoms with van der Waals surface area (Å²) in [5, 5.41) is 42.6. The number of nitrogens with zero attached hydrogens (tertiary/aromatic N) is 4. The van der Waals surface area contributed by atoms with Crippen molar-refractivity contribution < 1.29 is 30.0 Å². The summed E-state index contributed by atoms with van der Waals surface area (Å²) in [6.07, 6.45) is 1.57. The van der Waals surface area contributed by atoms with E-state index >= 15 is 0 Å².